The van der Waals surface area contributed by atoms with Crippen molar-refractivity contribution in [2.45, 2.75) is 31.8 Å². The van der Waals surface area contributed by atoms with Crippen LogP contribution in [-0.4, -0.2) is 43.2 Å². The molecule has 1 aromatic rings. The standard InChI is InChI=1S/C16H22N2O2/c1-2-20-16(19)15-11-17-9-10-18(15)14-8-7-12-5-3-4-6-13(12)14/h3-6,14-15,17H,2,7-11H2,1H3. The van der Waals surface area contributed by atoms with Crippen LogP contribution in [-0.2, 0) is 16.0 Å². The van der Waals surface area contributed by atoms with Crippen LogP contribution >= 0.6 is 0 Å². The van der Waals surface area contributed by atoms with E-state index in [2.05, 4.69) is 34.5 Å². The normalized spacial score (nSPS) is 26.2. The zero-order chi connectivity index (χ0) is 13.9. The molecule has 0 aromatic heterocycles. The van der Waals surface area contributed by atoms with Crippen molar-refractivity contribution in [2.75, 3.05) is 26.2 Å². The molecule has 2 atom stereocenters. The Balaban J connectivity index is 1.82. The number of carbonyl (C=O) groups excluding carboxylic acids is 1. The highest BCUT2D eigenvalue weighted by atomic mass is 16.5. The molecule has 0 radical (unpaired) electrons. The molecule has 0 bridgehead atoms. The van der Waals surface area contributed by atoms with Gasteiger partial charge in [-0.05, 0) is 30.9 Å². The lowest BCUT2D eigenvalue weighted by molar-refractivity contribution is -0.151. The summed E-state index contributed by atoms with van der Waals surface area (Å²) in [5.41, 5.74) is 2.82. The van der Waals surface area contributed by atoms with Gasteiger partial charge in [0.25, 0.3) is 0 Å². The van der Waals surface area contributed by atoms with Crippen molar-refractivity contribution in [2.24, 2.45) is 0 Å². The van der Waals surface area contributed by atoms with Gasteiger partial charge in [0.05, 0.1) is 6.61 Å². The lowest BCUT2D eigenvalue weighted by Gasteiger charge is -2.39. The molecule has 1 aliphatic heterocycles. The second kappa shape index (κ2) is 5.94. The molecular weight excluding hydrogens is 252 g/mol. The lowest BCUT2D eigenvalue weighted by atomic mass is 10.0. The summed E-state index contributed by atoms with van der Waals surface area (Å²) in [7, 11) is 0. The van der Waals surface area contributed by atoms with E-state index in [0.29, 0.717) is 19.2 Å². The third-order valence-electron chi connectivity index (χ3n) is 4.35. The summed E-state index contributed by atoms with van der Waals surface area (Å²) >= 11 is 0. The first-order valence-corrected chi connectivity index (χ1v) is 7.52. The average molecular weight is 274 g/mol. The fourth-order valence-electron chi connectivity index (χ4n) is 3.43. The minimum absolute atomic E-state index is 0.0934. The SMILES string of the molecule is CCOC(=O)C1CNCCN1C1CCc2ccccc21. The second-order valence-corrected chi connectivity index (χ2v) is 5.46. The van der Waals surface area contributed by atoms with Gasteiger partial charge in [-0.2, -0.15) is 0 Å². The summed E-state index contributed by atoms with van der Waals surface area (Å²) in [6.45, 7) is 4.85. The first kappa shape index (κ1) is 13.6. The molecule has 20 heavy (non-hydrogen) atoms. The topological polar surface area (TPSA) is 41.6 Å². The molecule has 2 unspecified atom stereocenters. The zero-order valence-corrected chi connectivity index (χ0v) is 12.0. The van der Waals surface area contributed by atoms with Crippen LogP contribution in [0.1, 0.15) is 30.5 Å². The number of aryl methyl sites for hydroxylation is 1. The van der Waals surface area contributed by atoms with Crippen molar-refractivity contribution >= 4 is 5.97 Å². The van der Waals surface area contributed by atoms with Gasteiger partial charge in [-0.25, -0.2) is 0 Å². The molecule has 4 heteroatoms. The fraction of sp³-hybridized carbons (Fsp3) is 0.562. The molecular formula is C16H22N2O2. The van der Waals surface area contributed by atoms with Gasteiger partial charge in [0.2, 0.25) is 0 Å². The predicted molar refractivity (Wildman–Crippen MR) is 77.5 cm³/mol. The average Bonchev–Trinajstić information content (AvgIpc) is 2.91. The number of piperazine rings is 1. The number of hydrogen-bond acceptors (Lipinski definition) is 4. The highest BCUT2D eigenvalue weighted by Gasteiger charge is 2.37. The number of fused-ring (bicyclic) bond motifs is 1. The number of nitrogens with zero attached hydrogens (tertiary/aromatic N) is 1. The number of carbonyl (C=O) groups is 1. The molecule has 108 valence electrons. The van der Waals surface area contributed by atoms with Crippen molar-refractivity contribution in [3.05, 3.63) is 35.4 Å². The van der Waals surface area contributed by atoms with Crippen LogP contribution in [0.5, 0.6) is 0 Å². The number of hydrogen-bond donors (Lipinski definition) is 1. The quantitative estimate of drug-likeness (QED) is 0.848. The molecule has 1 heterocycles. The van der Waals surface area contributed by atoms with Crippen LogP contribution in [0.25, 0.3) is 0 Å². The van der Waals surface area contributed by atoms with Gasteiger partial charge in [0.1, 0.15) is 6.04 Å². The maximum absolute atomic E-state index is 12.2. The largest absolute Gasteiger partial charge is 0.465 e. The number of ether oxygens (including phenoxy) is 1. The minimum Gasteiger partial charge on any atom is -0.465 e. The summed E-state index contributed by atoms with van der Waals surface area (Å²) in [5.74, 6) is -0.0934. The van der Waals surface area contributed by atoms with E-state index in [1.807, 2.05) is 6.92 Å². The van der Waals surface area contributed by atoms with E-state index in [0.717, 1.165) is 25.9 Å². The third kappa shape index (κ3) is 2.45. The molecule has 0 amide bonds. The Kier molecular flexibility index (Phi) is 4.03. The smallest absolute Gasteiger partial charge is 0.324 e. The van der Waals surface area contributed by atoms with Crippen LogP contribution < -0.4 is 5.32 Å². The van der Waals surface area contributed by atoms with Crippen molar-refractivity contribution in [1.29, 1.82) is 0 Å². The van der Waals surface area contributed by atoms with E-state index in [-0.39, 0.29) is 12.0 Å². The highest BCUT2D eigenvalue weighted by molar-refractivity contribution is 5.76. The fourth-order valence-corrected chi connectivity index (χ4v) is 3.43. The first-order chi connectivity index (χ1) is 9.81. The highest BCUT2D eigenvalue weighted by Crippen LogP contribution is 2.37. The van der Waals surface area contributed by atoms with E-state index in [4.69, 9.17) is 4.74 Å². The Morgan fingerprint density at radius 3 is 3.15 bits per heavy atom. The monoisotopic (exact) mass is 274 g/mol. The van der Waals surface area contributed by atoms with Crippen molar-refractivity contribution < 1.29 is 9.53 Å². The summed E-state index contributed by atoms with van der Waals surface area (Å²) < 4.78 is 5.24. The van der Waals surface area contributed by atoms with E-state index in [1.54, 1.807) is 0 Å². The van der Waals surface area contributed by atoms with Crippen LogP contribution in [0.2, 0.25) is 0 Å². The van der Waals surface area contributed by atoms with Gasteiger partial charge in [0.15, 0.2) is 0 Å². The molecule has 3 rings (SSSR count). The van der Waals surface area contributed by atoms with E-state index in [9.17, 15) is 4.79 Å². The molecule has 1 N–H and O–H groups in total. The predicted octanol–water partition coefficient (Wildman–Crippen LogP) is 1.51. The van der Waals surface area contributed by atoms with Gasteiger partial charge in [-0.3, -0.25) is 9.69 Å². The summed E-state index contributed by atoms with van der Waals surface area (Å²) in [6.07, 6.45) is 2.22. The van der Waals surface area contributed by atoms with Gasteiger partial charge < -0.3 is 10.1 Å². The Morgan fingerprint density at radius 2 is 2.30 bits per heavy atom. The van der Waals surface area contributed by atoms with Gasteiger partial charge >= 0.3 is 5.97 Å². The van der Waals surface area contributed by atoms with Crippen LogP contribution in [0.3, 0.4) is 0 Å². The molecule has 2 aliphatic rings. The zero-order valence-electron chi connectivity index (χ0n) is 12.0. The maximum Gasteiger partial charge on any atom is 0.324 e. The van der Waals surface area contributed by atoms with E-state index in [1.165, 1.54) is 11.1 Å². The summed E-state index contributed by atoms with van der Waals surface area (Å²) in [5, 5.41) is 3.31. The van der Waals surface area contributed by atoms with Gasteiger partial charge in [0, 0.05) is 25.7 Å². The van der Waals surface area contributed by atoms with Gasteiger partial charge in [-0.1, -0.05) is 24.3 Å². The minimum atomic E-state index is -0.153. The third-order valence-corrected chi connectivity index (χ3v) is 4.35. The molecule has 1 aliphatic carbocycles. The number of rotatable bonds is 3. The number of nitrogens with one attached hydrogen (secondary N) is 1. The van der Waals surface area contributed by atoms with Crippen molar-refractivity contribution in [3.8, 4) is 0 Å². The van der Waals surface area contributed by atoms with Crippen LogP contribution in [0, 0.1) is 0 Å². The van der Waals surface area contributed by atoms with Crippen molar-refractivity contribution in [1.82, 2.24) is 10.2 Å². The second-order valence-electron chi connectivity index (χ2n) is 5.46. The summed E-state index contributed by atoms with van der Waals surface area (Å²) in [4.78, 5) is 14.5. The van der Waals surface area contributed by atoms with Crippen LogP contribution in [0.4, 0.5) is 0 Å². The first-order valence-electron chi connectivity index (χ1n) is 7.52. The molecule has 4 nitrogen and oxygen atoms in total. The molecule has 0 spiro atoms. The number of esters is 1. The summed E-state index contributed by atoms with van der Waals surface area (Å²) in [6, 6.07) is 8.82. The van der Waals surface area contributed by atoms with Crippen LogP contribution in [0.15, 0.2) is 24.3 Å². The van der Waals surface area contributed by atoms with E-state index < -0.39 is 0 Å². The van der Waals surface area contributed by atoms with Gasteiger partial charge in [-0.15, -0.1) is 0 Å². The maximum atomic E-state index is 12.2. The Hall–Kier alpha value is -1.39. The molecule has 0 saturated carbocycles. The molecule has 1 aromatic carbocycles. The molecule has 1 saturated heterocycles. The van der Waals surface area contributed by atoms with E-state index >= 15 is 0 Å². The molecule has 1 fully saturated rings. The van der Waals surface area contributed by atoms with Crippen molar-refractivity contribution in [3.63, 3.8) is 0 Å². The Labute approximate surface area is 120 Å². The Bertz CT molecular complexity index is 489. The number of benzene rings is 1. The lowest BCUT2D eigenvalue weighted by Crippen LogP contribution is -2.56. The Morgan fingerprint density at radius 1 is 1.45 bits per heavy atom.